The number of aliphatic hydroxyl groups excluding tert-OH is 1. The summed E-state index contributed by atoms with van der Waals surface area (Å²) < 4.78 is 0. The Morgan fingerprint density at radius 1 is 1.50 bits per heavy atom. The van der Waals surface area contributed by atoms with Crippen LogP contribution in [-0.4, -0.2) is 28.1 Å². The van der Waals surface area contributed by atoms with Gasteiger partial charge in [0.15, 0.2) is 0 Å². The van der Waals surface area contributed by atoms with Crippen LogP contribution in [0.15, 0.2) is 24.3 Å². The van der Waals surface area contributed by atoms with Gasteiger partial charge in [-0.15, -0.1) is 0 Å². The molecule has 1 aromatic rings. The van der Waals surface area contributed by atoms with Crippen LogP contribution in [0.5, 0.6) is 0 Å². The Labute approximate surface area is 105 Å². The third kappa shape index (κ3) is 4.14. The summed E-state index contributed by atoms with van der Waals surface area (Å²) in [5.41, 5.74) is 0.118. The van der Waals surface area contributed by atoms with Gasteiger partial charge in [-0.25, -0.2) is 0 Å². The summed E-state index contributed by atoms with van der Waals surface area (Å²) in [6.07, 6.45) is -0.0777. The Kier molecular flexibility index (Phi) is 4.79. The van der Waals surface area contributed by atoms with Crippen LogP contribution in [0.25, 0.3) is 0 Å². The number of benzene rings is 1. The molecule has 0 heterocycles. The van der Waals surface area contributed by atoms with Gasteiger partial charge in [-0.05, 0) is 26.3 Å². The molecule has 0 radical (unpaired) electrons. The second-order valence-electron chi connectivity index (χ2n) is 4.27. The molecule has 0 bridgehead atoms. The molecule has 0 aromatic heterocycles. The molecule has 0 aliphatic heterocycles. The number of nitro groups is 1. The van der Waals surface area contributed by atoms with Gasteiger partial charge in [-0.3, -0.25) is 14.9 Å². The average molecular weight is 252 g/mol. The normalized spacial score (nSPS) is 13.7. The zero-order valence-corrected chi connectivity index (χ0v) is 10.3. The van der Waals surface area contributed by atoms with Gasteiger partial charge in [0.05, 0.1) is 11.0 Å². The molecule has 0 aliphatic carbocycles. The van der Waals surface area contributed by atoms with Crippen LogP contribution in [0.3, 0.4) is 0 Å². The molecule has 0 saturated carbocycles. The highest BCUT2D eigenvalue weighted by atomic mass is 16.6. The lowest BCUT2D eigenvalue weighted by Crippen LogP contribution is -2.34. The fourth-order valence-electron chi connectivity index (χ4n) is 1.64. The van der Waals surface area contributed by atoms with E-state index in [1.165, 1.54) is 24.3 Å². The predicted molar refractivity (Wildman–Crippen MR) is 66.3 cm³/mol. The van der Waals surface area contributed by atoms with Crippen molar-refractivity contribution in [1.82, 2.24) is 5.32 Å². The van der Waals surface area contributed by atoms with Crippen molar-refractivity contribution >= 4 is 11.6 Å². The number of carbonyl (C=O) groups is 1. The van der Waals surface area contributed by atoms with Crippen molar-refractivity contribution in [2.24, 2.45) is 0 Å². The van der Waals surface area contributed by atoms with Crippen LogP contribution >= 0.6 is 0 Å². The molecule has 2 atom stereocenters. The van der Waals surface area contributed by atoms with Gasteiger partial charge in [-0.2, -0.15) is 0 Å². The summed E-state index contributed by atoms with van der Waals surface area (Å²) in [4.78, 5) is 21.8. The highest BCUT2D eigenvalue weighted by molar-refractivity contribution is 5.94. The Balaban J connectivity index is 2.72. The van der Waals surface area contributed by atoms with Crippen LogP contribution in [0.4, 0.5) is 5.69 Å². The van der Waals surface area contributed by atoms with Crippen molar-refractivity contribution in [1.29, 1.82) is 0 Å². The number of hydrogen-bond donors (Lipinski definition) is 2. The number of nitrogens with zero attached hydrogens (tertiary/aromatic N) is 1. The minimum absolute atomic E-state index is 0.120. The Bertz CT molecular complexity index is 445. The molecule has 1 amide bonds. The first-order valence-corrected chi connectivity index (χ1v) is 5.63. The van der Waals surface area contributed by atoms with E-state index in [9.17, 15) is 20.0 Å². The Morgan fingerprint density at radius 3 is 2.72 bits per heavy atom. The van der Waals surface area contributed by atoms with E-state index < -0.39 is 11.0 Å². The first-order valence-electron chi connectivity index (χ1n) is 5.63. The molecule has 2 N–H and O–H groups in total. The fraction of sp³-hybridized carbons (Fsp3) is 0.417. The van der Waals surface area contributed by atoms with Gasteiger partial charge in [0, 0.05) is 23.7 Å². The van der Waals surface area contributed by atoms with E-state index in [-0.39, 0.29) is 23.2 Å². The molecule has 1 rings (SSSR count). The van der Waals surface area contributed by atoms with E-state index in [2.05, 4.69) is 5.32 Å². The lowest BCUT2D eigenvalue weighted by Gasteiger charge is -2.15. The van der Waals surface area contributed by atoms with Crippen LogP contribution in [0.2, 0.25) is 0 Å². The highest BCUT2D eigenvalue weighted by Crippen LogP contribution is 2.13. The van der Waals surface area contributed by atoms with Crippen molar-refractivity contribution in [2.75, 3.05) is 0 Å². The van der Waals surface area contributed by atoms with Gasteiger partial charge in [0.1, 0.15) is 0 Å². The second kappa shape index (κ2) is 6.11. The highest BCUT2D eigenvalue weighted by Gasteiger charge is 2.14. The SMILES string of the molecule is CC(O)CC(C)NC(=O)c1cccc([N+](=O)[O-])c1. The maximum atomic E-state index is 11.8. The fourth-order valence-corrected chi connectivity index (χ4v) is 1.64. The number of nitrogens with one attached hydrogen (secondary N) is 1. The summed E-state index contributed by atoms with van der Waals surface area (Å²) in [5, 5.41) is 22.4. The first-order chi connectivity index (χ1) is 8.40. The predicted octanol–water partition coefficient (Wildman–Crippen LogP) is 1.48. The monoisotopic (exact) mass is 252 g/mol. The van der Waals surface area contributed by atoms with E-state index >= 15 is 0 Å². The molecule has 0 saturated heterocycles. The van der Waals surface area contributed by atoms with Crippen molar-refractivity contribution < 1.29 is 14.8 Å². The number of rotatable bonds is 5. The standard InChI is InChI=1S/C12H16N2O4/c1-8(6-9(2)15)13-12(16)10-4-3-5-11(7-10)14(17)18/h3-5,7-9,15H,6H2,1-2H3,(H,13,16). The zero-order chi connectivity index (χ0) is 13.7. The molecule has 6 heteroatoms. The Hall–Kier alpha value is -1.95. The van der Waals surface area contributed by atoms with Gasteiger partial charge in [0.25, 0.3) is 11.6 Å². The summed E-state index contributed by atoms with van der Waals surface area (Å²) >= 11 is 0. The molecule has 0 fully saturated rings. The average Bonchev–Trinajstić information content (AvgIpc) is 2.27. The van der Waals surface area contributed by atoms with E-state index in [0.29, 0.717) is 6.42 Å². The number of amides is 1. The molecular weight excluding hydrogens is 236 g/mol. The van der Waals surface area contributed by atoms with Gasteiger partial charge >= 0.3 is 0 Å². The van der Waals surface area contributed by atoms with Crippen molar-refractivity contribution in [2.45, 2.75) is 32.4 Å². The molecule has 1 aromatic carbocycles. The summed E-state index contributed by atoms with van der Waals surface area (Å²) in [5.74, 6) is -0.383. The third-order valence-corrected chi connectivity index (χ3v) is 2.39. The van der Waals surface area contributed by atoms with Gasteiger partial charge < -0.3 is 10.4 Å². The number of hydrogen-bond acceptors (Lipinski definition) is 4. The molecule has 0 spiro atoms. The lowest BCUT2D eigenvalue weighted by atomic mass is 10.1. The molecule has 0 aliphatic rings. The number of carbonyl (C=O) groups excluding carboxylic acids is 1. The van der Waals surface area contributed by atoms with Crippen LogP contribution in [-0.2, 0) is 0 Å². The number of nitro benzene ring substituents is 1. The quantitative estimate of drug-likeness (QED) is 0.613. The Morgan fingerprint density at radius 2 is 2.17 bits per heavy atom. The van der Waals surface area contributed by atoms with E-state index in [0.717, 1.165) is 0 Å². The van der Waals surface area contributed by atoms with Gasteiger partial charge in [-0.1, -0.05) is 6.07 Å². The largest absolute Gasteiger partial charge is 0.393 e. The molecule has 18 heavy (non-hydrogen) atoms. The number of non-ortho nitro benzene ring substituents is 1. The second-order valence-corrected chi connectivity index (χ2v) is 4.27. The van der Waals surface area contributed by atoms with E-state index in [1.807, 2.05) is 0 Å². The van der Waals surface area contributed by atoms with Crippen LogP contribution in [0, 0.1) is 10.1 Å². The zero-order valence-electron chi connectivity index (χ0n) is 10.3. The van der Waals surface area contributed by atoms with Crippen LogP contribution in [0.1, 0.15) is 30.6 Å². The summed E-state index contributed by atoms with van der Waals surface area (Å²) in [7, 11) is 0. The van der Waals surface area contributed by atoms with Crippen molar-refractivity contribution in [3.05, 3.63) is 39.9 Å². The maximum absolute atomic E-state index is 11.8. The van der Waals surface area contributed by atoms with Crippen molar-refractivity contribution in [3.63, 3.8) is 0 Å². The third-order valence-electron chi connectivity index (χ3n) is 2.39. The minimum atomic E-state index is -0.546. The number of aliphatic hydroxyl groups is 1. The molecular formula is C12H16N2O4. The molecule has 98 valence electrons. The summed E-state index contributed by atoms with van der Waals surface area (Å²) in [6.45, 7) is 3.40. The molecule has 6 nitrogen and oxygen atoms in total. The van der Waals surface area contributed by atoms with Gasteiger partial charge in [0.2, 0.25) is 0 Å². The summed E-state index contributed by atoms with van der Waals surface area (Å²) in [6, 6.07) is 5.33. The van der Waals surface area contributed by atoms with Crippen molar-refractivity contribution in [3.8, 4) is 0 Å². The topological polar surface area (TPSA) is 92.5 Å². The van der Waals surface area contributed by atoms with E-state index in [4.69, 9.17) is 0 Å². The minimum Gasteiger partial charge on any atom is -0.393 e. The molecule has 2 unspecified atom stereocenters. The maximum Gasteiger partial charge on any atom is 0.270 e. The smallest absolute Gasteiger partial charge is 0.270 e. The van der Waals surface area contributed by atoms with E-state index in [1.54, 1.807) is 13.8 Å². The lowest BCUT2D eigenvalue weighted by molar-refractivity contribution is -0.384. The first kappa shape index (κ1) is 14.1. The van der Waals surface area contributed by atoms with Crippen LogP contribution < -0.4 is 5.32 Å².